The Kier molecular flexibility index (Phi) is 5.36. The third-order valence-electron chi connectivity index (χ3n) is 3.04. The second kappa shape index (κ2) is 7.04. The maximum absolute atomic E-state index is 12.0. The van der Waals surface area contributed by atoms with E-state index >= 15 is 0 Å². The minimum absolute atomic E-state index is 0.332. The molecular weight excluding hydrogens is 352 g/mol. The number of aromatic nitrogens is 1. The number of ether oxygens (including phenoxy) is 1. The molecule has 6 heteroatoms. The highest BCUT2D eigenvalue weighted by Gasteiger charge is 2.20. The number of carbonyl (C=O) groups excluding carboxylic acids is 1. The lowest BCUT2D eigenvalue weighted by Gasteiger charge is -2.11. The molecule has 2 rings (SSSR count). The van der Waals surface area contributed by atoms with Gasteiger partial charge in [0.05, 0.1) is 12.3 Å². The molecule has 4 nitrogen and oxygen atoms in total. The quantitative estimate of drug-likeness (QED) is 0.777. The van der Waals surface area contributed by atoms with Gasteiger partial charge in [0.15, 0.2) is 0 Å². The van der Waals surface area contributed by atoms with Gasteiger partial charge >= 0.3 is 5.97 Å². The molecule has 0 unspecified atom stereocenters. The summed E-state index contributed by atoms with van der Waals surface area (Å²) in [7, 11) is 0. The Morgan fingerprint density at radius 3 is 2.86 bits per heavy atom. The van der Waals surface area contributed by atoms with Crippen LogP contribution in [0.4, 0.5) is 10.7 Å². The van der Waals surface area contributed by atoms with Gasteiger partial charge in [0.1, 0.15) is 10.6 Å². The van der Waals surface area contributed by atoms with Crippen molar-refractivity contribution >= 4 is 44.1 Å². The van der Waals surface area contributed by atoms with Gasteiger partial charge in [-0.3, -0.25) is 0 Å². The van der Waals surface area contributed by atoms with Crippen LogP contribution in [0.1, 0.15) is 35.5 Å². The molecule has 0 aliphatic heterocycles. The van der Waals surface area contributed by atoms with Crippen molar-refractivity contribution in [3.63, 3.8) is 0 Å². The van der Waals surface area contributed by atoms with Gasteiger partial charge in [0.2, 0.25) is 0 Å². The van der Waals surface area contributed by atoms with Gasteiger partial charge in [-0.15, -0.1) is 0 Å². The van der Waals surface area contributed by atoms with Crippen LogP contribution in [0.15, 0.2) is 22.7 Å². The third kappa shape index (κ3) is 3.63. The zero-order chi connectivity index (χ0) is 15.4. The first-order valence-electron chi connectivity index (χ1n) is 6.75. The van der Waals surface area contributed by atoms with Gasteiger partial charge in [-0.25, -0.2) is 4.79 Å². The molecule has 1 aromatic heterocycles. The summed E-state index contributed by atoms with van der Waals surface area (Å²) < 4.78 is 10.4. The number of anilines is 2. The van der Waals surface area contributed by atoms with Gasteiger partial charge in [-0.05, 0) is 55.6 Å². The van der Waals surface area contributed by atoms with Crippen LogP contribution in [0.5, 0.6) is 0 Å². The number of aryl methyl sites for hydroxylation is 2. The molecule has 112 valence electrons. The topological polar surface area (TPSA) is 51.2 Å². The zero-order valence-corrected chi connectivity index (χ0v) is 14.6. The molecular formula is C15H17BrN2O2S. The Morgan fingerprint density at radius 1 is 1.43 bits per heavy atom. The van der Waals surface area contributed by atoms with Crippen LogP contribution in [-0.2, 0) is 11.2 Å². The minimum atomic E-state index is -0.332. The Morgan fingerprint density at radius 2 is 2.19 bits per heavy atom. The number of esters is 1. The normalized spacial score (nSPS) is 10.5. The van der Waals surface area contributed by atoms with E-state index in [1.54, 1.807) is 6.92 Å². The average molecular weight is 369 g/mol. The fourth-order valence-electron chi connectivity index (χ4n) is 2.00. The molecule has 0 bridgehead atoms. The second-order valence-electron chi connectivity index (χ2n) is 4.47. The molecule has 1 heterocycles. The van der Waals surface area contributed by atoms with Crippen LogP contribution in [0, 0.1) is 6.92 Å². The number of nitrogens with zero attached hydrogens (tertiary/aromatic N) is 1. The van der Waals surface area contributed by atoms with E-state index < -0.39 is 0 Å². The molecule has 1 N–H and O–H groups in total. The van der Waals surface area contributed by atoms with Crippen molar-refractivity contribution in [3.05, 3.63) is 39.5 Å². The summed E-state index contributed by atoms with van der Waals surface area (Å²) in [6, 6.07) is 6.03. The van der Waals surface area contributed by atoms with Crippen LogP contribution in [0.25, 0.3) is 0 Å². The molecule has 0 atom stereocenters. The molecule has 0 aliphatic rings. The summed E-state index contributed by atoms with van der Waals surface area (Å²) >= 11 is 4.75. The lowest BCUT2D eigenvalue weighted by molar-refractivity contribution is 0.0527. The lowest BCUT2D eigenvalue weighted by Crippen LogP contribution is -2.08. The summed E-state index contributed by atoms with van der Waals surface area (Å²) in [5.41, 5.74) is 3.36. The number of hydrogen-bond donors (Lipinski definition) is 1. The molecule has 0 aliphatic carbocycles. The smallest absolute Gasteiger partial charge is 0.343 e. The molecule has 0 amide bonds. The van der Waals surface area contributed by atoms with Crippen LogP contribution in [-0.4, -0.2) is 16.9 Å². The maximum atomic E-state index is 12.0. The number of carbonyl (C=O) groups is 1. The van der Waals surface area contributed by atoms with Crippen molar-refractivity contribution in [2.45, 2.75) is 27.2 Å². The Bertz CT molecular complexity index is 655. The van der Waals surface area contributed by atoms with Crippen molar-refractivity contribution in [1.29, 1.82) is 0 Å². The van der Waals surface area contributed by atoms with Gasteiger partial charge in [-0.2, -0.15) is 4.37 Å². The number of hydrogen-bond acceptors (Lipinski definition) is 5. The summed E-state index contributed by atoms with van der Waals surface area (Å²) in [6.07, 6.45) is 0.897. The molecule has 2 aromatic rings. The predicted octanol–water partition coefficient (Wildman–Crippen LogP) is 4.70. The number of nitrogens with one attached hydrogen (secondary N) is 1. The molecule has 0 fully saturated rings. The van der Waals surface area contributed by atoms with E-state index in [0.717, 1.165) is 21.6 Å². The standard InChI is InChI=1S/C15H17BrN2O2S/c1-4-10-8-11(16)6-7-12(10)17-14-13(9(3)18-21-14)15(19)20-5-2/h6-8,17H,4-5H2,1-3H3. The summed E-state index contributed by atoms with van der Waals surface area (Å²) in [5, 5.41) is 4.04. The fourth-order valence-corrected chi connectivity index (χ4v) is 3.20. The van der Waals surface area contributed by atoms with Gasteiger partial charge in [0.25, 0.3) is 0 Å². The maximum Gasteiger partial charge on any atom is 0.343 e. The number of rotatable bonds is 5. The molecule has 0 spiro atoms. The SMILES string of the molecule is CCOC(=O)c1c(C)nsc1Nc1ccc(Br)cc1CC. The van der Waals surface area contributed by atoms with E-state index in [1.807, 2.05) is 19.1 Å². The monoisotopic (exact) mass is 368 g/mol. The van der Waals surface area contributed by atoms with Crippen molar-refractivity contribution in [3.8, 4) is 0 Å². The highest BCUT2D eigenvalue weighted by Crippen LogP contribution is 2.31. The molecule has 21 heavy (non-hydrogen) atoms. The second-order valence-corrected chi connectivity index (χ2v) is 6.16. The molecule has 0 radical (unpaired) electrons. The van der Waals surface area contributed by atoms with Crippen LogP contribution < -0.4 is 5.32 Å². The zero-order valence-electron chi connectivity index (χ0n) is 12.2. The first kappa shape index (κ1) is 16.0. The minimum Gasteiger partial charge on any atom is -0.462 e. The Hall–Kier alpha value is -1.40. The van der Waals surface area contributed by atoms with E-state index in [-0.39, 0.29) is 5.97 Å². The third-order valence-corrected chi connectivity index (χ3v) is 4.39. The predicted molar refractivity (Wildman–Crippen MR) is 89.6 cm³/mol. The number of benzene rings is 1. The first-order valence-corrected chi connectivity index (χ1v) is 8.32. The Balaban J connectivity index is 2.34. The van der Waals surface area contributed by atoms with Gasteiger partial charge in [-0.1, -0.05) is 22.9 Å². The van der Waals surface area contributed by atoms with Crippen molar-refractivity contribution in [2.24, 2.45) is 0 Å². The van der Waals surface area contributed by atoms with E-state index in [0.29, 0.717) is 17.9 Å². The van der Waals surface area contributed by atoms with Crippen molar-refractivity contribution in [2.75, 3.05) is 11.9 Å². The lowest BCUT2D eigenvalue weighted by atomic mass is 10.1. The van der Waals surface area contributed by atoms with E-state index in [4.69, 9.17) is 4.74 Å². The average Bonchev–Trinajstić information content (AvgIpc) is 2.82. The fraction of sp³-hybridized carbons (Fsp3) is 0.333. The van der Waals surface area contributed by atoms with Crippen LogP contribution in [0.2, 0.25) is 0 Å². The van der Waals surface area contributed by atoms with Crippen LogP contribution in [0.3, 0.4) is 0 Å². The number of halogens is 1. The highest BCUT2D eigenvalue weighted by molar-refractivity contribution is 9.10. The van der Waals surface area contributed by atoms with Crippen molar-refractivity contribution < 1.29 is 9.53 Å². The Labute approximate surface area is 136 Å². The van der Waals surface area contributed by atoms with E-state index in [1.165, 1.54) is 17.1 Å². The molecule has 0 saturated carbocycles. The summed E-state index contributed by atoms with van der Waals surface area (Å²) in [6.45, 7) is 6.06. The van der Waals surface area contributed by atoms with E-state index in [9.17, 15) is 4.79 Å². The molecule has 0 saturated heterocycles. The van der Waals surface area contributed by atoms with Gasteiger partial charge in [0, 0.05) is 10.2 Å². The molecule has 1 aromatic carbocycles. The highest BCUT2D eigenvalue weighted by atomic mass is 79.9. The summed E-state index contributed by atoms with van der Waals surface area (Å²) in [4.78, 5) is 12.0. The summed E-state index contributed by atoms with van der Waals surface area (Å²) in [5.74, 6) is -0.332. The van der Waals surface area contributed by atoms with Crippen LogP contribution >= 0.6 is 27.5 Å². The first-order chi connectivity index (χ1) is 10.1. The largest absolute Gasteiger partial charge is 0.462 e. The van der Waals surface area contributed by atoms with Crippen molar-refractivity contribution in [1.82, 2.24) is 4.37 Å². The van der Waals surface area contributed by atoms with Gasteiger partial charge < -0.3 is 10.1 Å². The van der Waals surface area contributed by atoms with E-state index in [2.05, 4.69) is 38.6 Å².